The van der Waals surface area contributed by atoms with Gasteiger partial charge in [-0.25, -0.2) is 24.3 Å². The van der Waals surface area contributed by atoms with Crippen LogP contribution in [0.3, 0.4) is 0 Å². The van der Waals surface area contributed by atoms with Crippen molar-refractivity contribution in [2.75, 3.05) is 18.9 Å². The fourth-order valence-electron chi connectivity index (χ4n) is 3.47. The second kappa shape index (κ2) is 10.9. The van der Waals surface area contributed by atoms with Crippen molar-refractivity contribution in [2.45, 2.75) is 77.3 Å². The highest BCUT2D eigenvalue weighted by Gasteiger charge is 2.53. The van der Waals surface area contributed by atoms with Crippen LogP contribution in [0, 0.1) is 12.3 Å². The summed E-state index contributed by atoms with van der Waals surface area (Å²) in [7, 11) is -4.70. The van der Waals surface area contributed by atoms with Crippen LogP contribution in [-0.2, 0) is 32.6 Å². The van der Waals surface area contributed by atoms with Crippen molar-refractivity contribution < 1.29 is 42.2 Å². The van der Waals surface area contributed by atoms with Gasteiger partial charge in [0.1, 0.15) is 24.1 Å². The van der Waals surface area contributed by atoms with E-state index >= 15 is 0 Å². The maximum atomic E-state index is 12.9. The summed E-state index contributed by atoms with van der Waals surface area (Å²) in [5.74, 6) is 2.27. The van der Waals surface area contributed by atoms with Crippen LogP contribution < -0.4 is 5.73 Å². The summed E-state index contributed by atoms with van der Waals surface area (Å²) in [5.41, 5.74) is 4.82. The number of hydrogen-bond acceptors (Lipinski definition) is 12. The molecule has 14 nitrogen and oxygen atoms in total. The lowest BCUT2D eigenvalue weighted by atomic mass is 10.1. The molecule has 1 aliphatic rings. The molecule has 204 valence electrons. The molecule has 2 aromatic heterocycles. The van der Waals surface area contributed by atoms with Crippen LogP contribution in [0.1, 0.15) is 47.8 Å². The van der Waals surface area contributed by atoms with Gasteiger partial charge in [0.25, 0.3) is 0 Å². The third-order valence-electron chi connectivity index (χ3n) is 4.78. The molecule has 0 radical (unpaired) electrons. The number of carbonyl (C=O) groups is 1. The molecular weight excluding hydrogens is 509 g/mol. The number of nitrogen functional groups attached to an aromatic ring is 1. The van der Waals surface area contributed by atoms with Crippen LogP contribution in [0.15, 0.2) is 12.7 Å². The second-order valence-electron chi connectivity index (χ2n) is 10.1. The van der Waals surface area contributed by atoms with Gasteiger partial charge in [0.15, 0.2) is 30.4 Å². The van der Waals surface area contributed by atoms with Gasteiger partial charge in [0, 0.05) is 0 Å². The van der Waals surface area contributed by atoms with Gasteiger partial charge in [0.05, 0.1) is 24.1 Å². The third kappa shape index (κ3) is 7.61. The monoisotopic (exact) mass is 541 g/mol. The first-order valence-electron chi connectivity index (χ1n) is 11.3. The van der Waals surface area contributed by atoms with Gasteiger partial charge in [-0.2, -0.15) is 0 Å². The van der Waals surface area contributed by atoms with E-state index in [0.717, 1.165) is 0 Å². The van der Waals surface area contributed by atoms with Crippen molar-refractivity contribution in [1.29, 1.82) is 0 Å². The number of imidazole rings is 1. The molecule has 2 aromatic rings. The molecule has 0 spiro atoms. The number of hydrogen-bond donors (Lipinski definition) is 2. The molecule has 0 bridgehead atoms. The largest absolute Gasteiger partial charge is 0.509 e. The Kier molecular flexibility index (Phi) is 8.48. The number of carbonyl (C=O) groups excluding carboxylic acids is 1. The quantitative estimate of drug-likeness (QED) is 0.283. The molecule has 0 amide bonds. The molecule has 0 saturated carbocycles. The summed E-state index contributed by atoms with van der Waals surface area (Å²) >= 11 is 0. The number of nitrogens with zero attached hydrogens (tertiary/aromatic N) is 4. The minimum atomic E-state index is -4.70. The molecule has 1 aliphatic heterocycles. The molecule has 15 heteroatoms. The fourth-order valence-corrected chi connectivity index (χ4v) is 4.77. The lowest BCUT2D eigenvalue weighted by Crippen LogP contribution is -2.40. The van der Waals surface area contributed by atoms with Gasteiger partial charge in [-0.15, -0.1) is 6.42 Å². The Morgan fingerprint density at radius 3 is 2.54 bits per heavy atom. The first kappa shape index (κ1) is 28.8. The zero-order valence-corrected chi connectivity index (χ0v) is 22.4. The topological polar surface area (TPSA) is 179 Å². The van der Waals surface area contributed by atoms with Crippen LogP contribution >= 0.6 is 7.82 Å². The Labute approximate surface area is 214 Å². The van der Waals surface area contributed by atoms with E-state index in [4.69, 9.17) is 40.2 Å². The molecule has 5 atom stereocenters. The number of fused-ring (bicyclic) bond motifs is 1. The first-order valence-corrected chi connectivity index (χ1v) is 12.8. The fraction of sp³-hybridized carbons (Fsp3) is 0.636. The number of terminal acetylenes is 1. The molecule has 1 saturated heterocycles. The maximum absolute atomic E-state index is 12.9. The highest BCUT2D eigenvalue weighted by Crippen LogP contribution is 2.52. The number of rotatable bonds is 8. The molecule has 37 heavy (non-hydrogen) atoms. The Morgan fingerprint density at radius 1 is 1.22 bits per heavy atom. The van der Waals surface area contributed by atoms with Crippen LogP contribution in [-0.4, -0.2) is 73.3 Å². The highest BCUT2D eigenvalue weighted by atomic mass is 31.2. The van der Waals surface area contributed by atoms with Crippen molar-refractivity contribution in [3.8, 4) is 12.3 Å². The summed E-state index contributed by atoms with van der Waals surface area (Å²) in [5, 5.41) is 0. The molecule has 0 aromatic carbocycles. The highest BCUT2D eigenvalue weighted by molar-refractivity contribution is 7.47. The van der Waals surface area contributed by atoms with Gasteiger partial charge >= 0.3 is 14.0 Å². The number of phosphoric ester groups is 1. The van der Waals surface area contributed by atoms with Crippen molar-refractivity contribution in [2.24, 2.45) is 0 Å². The molecule has 0 aliphatic carbocycles. The number of ether oxygens (including phenoxy) is 4. The second-order valence-corrected chi connectivity index (χ2v) is 11.5. The average molecular weight is 541 g/mol. The normalized spacial score (nSPS) is 23.9. The van der Waals surface area contributed by atoms with Gasteiger partial charge in [0.2, 0.25) is 0 Å². The van der Waals surface area contributed by atoms with E-state index in [1.807, 2.05) is 20.8 Å². The minimum absolute atomic E-state index is 0.0940. The van der Waals surface area contributed by atoms with Gasteiger partial charge in [-0.05, 0) is 41.5 Å². The van der Waals surface area contributed by atoms with E-state index in [1.165, 1.54) is 17.2 Å². The molecule has 3 heterocycles. The van der Waals surface area contributed by atoms with E-state index in [2.05, 4.69) is 20.9 Å². The lowest BCUT2D eigenvalue weighted by molar-refractivity contribution is -0.0999. The van der Waals surface area contributed by atoms with Crippen molar-refractivity contribution >= 4 is 31.0 Å². The van der Waals surface area contributed by atoms with Gasteiger partial charge < -0.3 is 29.6 Å². The van der Waals surface area contributed by atoms with Crippen molar-refractivity contribution in [3.63, 3.8) is 0 Å². The molecular formula is C22H32N5O9P. The van der Waals surface area contributed by atoms with Crippen molar-refractivity contribution in [1.82, 2.24) is 19.5 Å². The van der Waals surface area contributed by atoms with Crippen LogP contribution in [0.4, 0.5) is 10.6 Å². The number of phosphoric acid groups is 1. The lowest BCUT2D eigenvalue weighted by Gasteiger charge is -2.29. The first-order chi connectivity index (χ1) is 17.1. The van der Waals surface area contributed by atoms with Gasteiger partial charge in [-0.3, -0.25) is 13.6 Å². The average Bonchev–Trinajstić information content (AvgIpc) is 3.31. The van der Waals surface area contributed by atoms with Crippen LogP contribution in [0.5, 0.6) is 0 Å². The third-order valence-corrected chi connectivity index (χ3v) is 6.07. The van der Waals surface area contributed by atoms with E-state index in [-0.39, 0.29) is 30.2 Å². The zero-order chi connectivity index (χ0) is 27.6. The number of aromatic nitrogens is 4. The zero-order valence-electron chi connectivity index (χ0n) is 21.5. The molecule has 3 rings (SSSR count). The smallest absolute Gasteiger partial charge is 0.423 e. The van der Waals surface area contributed by atoms with E-state index in [0.29, 0.717) is 0 Å². The number of anilines is 1. The van der Waals surface area contributed by atoms with Crippen LogP contribution in [0.25, 0.3) is 11.2 Å². The molecule has 2 unspecified atom stereocenters. The molecule has 1 fully saturated rings. The van der Waals surface area contributed by atoms with Gasteiger partial charge in [-0.1, -0.05) is 5.92 Å². The summed E-state index contributed by atoms with van der Waals surface area (Å²) < 4.78 is 47.6. The Hall–Kier alpha value is -2.79. The maximum Gasteiger partial charge on any atom is 0.509 e. The Balaban J connectivity index is 2.04. The Morgan fingerprint density at radius 2 is 1.92 bits per heavy atom. The number of nitrogens with two attached hydrogens (primary N) is 1. The minimum Gasteiger partial charge on any atom is -0.423 e. The summed E-state index contributed by atoms with van der Waals surface area (Å²) in [6.45, 7) is 9.77. The van der Waals surface area contributed by atoms with Crippen molar-refractivity contribution in [3.05, 3.63) is 12.7 Å². The van der Waals surface area contributed by atoms with Crippen LogP contribution in [0.2, 0.25) is 0 Å². The van der Waals surface area contributed by atoms with E-state index < -0.39 is 49.7 Å². The van der Waals surface area contributed by atoms with E-state index in [1.54, 1.807) is 20.8 Å². The predicted octanol–water partition coefficient (Wildman–Crippen LogP) is 2.58. The summed E-state index contributed by atoms with van der Waals surface area (Å²) in [6, 6.07) is 0. The van der Waals surface area contributed by atoms with E-state index in [9.17, 15) is 14.3 Å². The molecule has 3 N–H and O–H groups in total. The summed E-state index contributed by atoms with van der Waals surface area (Å²) in [4.78, 5) is 35.3. The standard InChI is InChI=1S/C22H32N5O9P/c1-8-9-31-20(28)34-16-15(35-37(29,30)36-22(5,6)7)13(10-32-21(2,3)4)33-19(16)27-12-26-14-17(23)24-11-25-18(14)27/h1,11-13,15-16,19H,9-10H2,2-7H3,(H,29,30)(H2,23,24,25)/t13-,15?,16+,19-/m1/s1. The SMILES string of the molecule is C#CCOC(=O)O[C@H]1C(OP(=O)(O)OC(C)(C)C)[C@@H](COC(C)(C)C)O[C@H]1n1cnc2c(N)ncnc21. The predicted molar refractivity (Wildman–Crippen MR) is 130 cm³/mol. The Bertz CT molecular complexity index is 1200. The summed E-state index contributed by atoms with van der Waals surface area (Å²) in [6.07, 6.45) is 1.76.